The van der Waals surface area contributed by atoms with Crippen LogP contribution in [0.5, 0.6) is 0 Å². The van der Waals surface area contributed by atoms with Gasteiger partial charge in [-0.05, 0) is 18.9 Å². The highest BCUT2D eigenvalue weighted by Crippen LogP contribution is 2.10. The van der Waals surface area contributed by atoms with Gasteiger partial charge in [-0.1, -0.05) is 31.2 Å². The summed E-state index contributed by atoms with van der Waals surface area (Å²) >= 11 is 0. The van der Waals surface area contributed by atoms with E-state index in [0.717, 1.165) is 18.9 Å². The van der Waals surface area contributed by atoms with Gasteiger partial charge >= 0.3 is 0 Å². The Kier molecular flexibility index (Phi) is 3.72. The molecule has 1 aromatic rings. The SMILES string of the molecule is CCc1ccc(C(=O)C(F)C(C)=O)cc1. The summed E-state index contributed by atoms with van der Waals surface area (Å²) in [7, 11) is 0. The van der Waals surface area contributed by atoms with Crippen LogP contribution in [0.2, 0.25) is 0 Å². The summed E-state index contributed by atoms with van der Waals surface area (Å²) in [6.07, 6.45) is -1.17. The summed E-state index contributed by atoms with van der Waals surface area (Å²) in [4.78, 5) is 22.1. The molecule has 0 radical (unpaired) electrons. The first-order valence-electron chi connectivity index (χ1n) is 4.84. The van der Waals surface area contributed by atoms with E-state index in [4.69, 9.17) is 0 Å². The van der Waals surface area contributed by atoms with Crippen molar-refractivity contribution in [2.24, 2.45) is 0 Å². The molecule has 0 aromatic heterocycles. The molecule has 1 aromatic carbocycles. The molecule has 0 aliphatic rings. The molecule has 1 rings (SSSR count). The van der Waals surface area contributed by atoms with Crippen LogP contribution in [0.25, 0.3) is 0 Å². The summed E-state index contributed by atoms with van der Waals surface area (Å²) < 4.78 is 13.1. The second kappa shape index (κ2) is 4.82. The first kappa shape index (κ1) is 11.6. The molecule has 0 N–H and O–H groups in total. The monoisotopic (exact) mass is 208 g/mol. The van der Waals surface area contributed by atoms with Gasteiger partial charge in [0.1, 0.15) is 0 Å². The lowest BCUT2D eigenvalue weighted by atomic mass is 10.0. The van der Waals surface area contributed by atoms with Crippen LogP contribution in [0.15, 0.2) is 24.3 Å². The van der Waals surface area contributed by atoms with E-state index in [-0.39, 0.29) is 5.56 Å². The molecular weight excluding hydrogens is 195 g/mol. The molecule has 3 heteroatoms. The van der Waals surface area contributed by atoms with E-state index in [0.29, 0.717) is 0 Å². The van der Waals surface area contributed by atoms with Crippen molar-refractivity contribution in [3.8, 4) is 0 Å². The molecule has 0 fully saturated rings. The van der Waals surface area contributed by atoms with Crippen LogP contribution in [0.3, 0.4) is 0 Å². The second-order valence-electron chi connectivity index (χ2n) is 3.39. The first-order chi connectivity index (χ1) is 7.06. The number of Topliss-reactive ketones (excluding diaryl/α,β-unsaturated/α-hetero) is 2. The molecule has 0 heterocycles. The van der Waals surface area contributed by atoms with Crippen molar-refractivity contribution >= 4 is 11.6 Å². The maximum atomic E-state index is 13.1. The van der Waals surface area contributed by atoms with Gasteiger partial charge in [0.05, 0.1) is 0 Å². The molecule has 0 amide bonds. The fraction of sp³-hybridized carbons (Fsp3) is 0.333. The Hall–Kier alpha value is -1.51. The zero-order chi connectivity index (χ0) is 11.4. The summed E-state index contributed by atoms with van der Waals surface area (Å²) in [6, 6.07) is 6.63. The van der Waals surface area contributed by atoms with Gasteiger partial charge in [0, 0.05) is 5.56 Å². The summed E-state index contributed by atoms with van der Waals surface area (Å²) in [5, 5.41) is 0. The predicted octanol–water partition coefficient (Wildman–Crippen LogP) is 2.36. The van der Waals surface area contributed by atoms with E-state index in [9.17, 15) is 14.0 Å². The van der Waals surface area contributed by atoms with Crippen LogP contribution in [0.4, 0.5) is 4.39 Å². The number of rotatable bonds is 4. The summed E-state index contributed by atoms with van der Waals surface area (Å²) in [5.74, 6) is -1.51. The highest BCUT2D eigenvalue weighted by molar-refractivity contribution is 6.12. The van der Waals surface area contributed by atoms with Crippen LogP contribution < -0.4 is 0 Å². The van der Waals surface area contributed by atoms with Crippen LogP contribution in [-0.4, -0.2) is 17.7 Å². The van der Waals surface area contributed by atoms with Crippen molar-refractivity contribution in [2.45, 2.75) is 26.4 Å². The number of alkyl halides is 1. The van der Waals surface area contributed by atoms with Crippen molar-refractivity contribution in [3.05, 3.63) is 35.4 Å². The first-order valence-corrected chi connectivity index (χ1v) is 4.84. The van der Waals surface area contributed by atoms with E-state index in [1.54, 1.807) is 24.3 Å². The van der Waals surface area contributed by atoms with Crippen molar-refractivity contribution < 1.29 is 14.0 Å². The number of carbonyl (C=O) groups is 2. The molecule has 1 atom stereocenters. The second-order valence-corrected chi connectivity index (χ2v) is 3.39. The Balaban J connectivity index is 2.87. The third-order valence-electron chi connectivity index (χ3n) is 2.23. The zero-order valence-electron chi connectivity index (χ0n) is 8.79. The Morgan fingerprint density at radius 2 is 1.80 bits per heavy atom. The molecule has 0 aliphatic heterocycles. The standard InChI is InChI=1S/C12H13FO2/c1-3-9-4-6-10(7-5-9)12(15)11(13)8(2)14/h4-7,11H,3H2,1-2H3. The van der Waals surface area contributed by atoms with E-state index < -0.39 is 17.7 Å². The van der Waals surface area contributed by atoms with Crippen molar-refractivity contribution in [1.82, 2.24) is 0 Å². The number of hydrogen-bond donors (Lipinski definition) is 0. The van der Waals surface area contributed by atoms with Gasteiger partial charge in [0.15, 0.2) is 5.78 Å². The Labute approximate surface area is 88.1 Å². The highest BCUT2D eigenvalue weighted by atomic mass is 19.1. The number of halogens is 1. The minimum atomic E-state index is -2.03. The average molecular weight is 208 g/mol. The van der Waals surface area contributed by atoms with Crippen LogP contribution in [-0.2, 0) is 11.2 Å². The summed E-state index contributed by atoms with van der Waals surface area (Å²) in [6.45, 7) is 3.06. The summed E-state index contributed by atoms with van der Waals surface area (Å²) in [5.41, 5.74) is 1.32. The average Bonchev–Trinajstić information content (AvgIpc) is 2.27. The van der Waals surface area contributed by atoms with Gasteiger partial charge < -0.3 is 0 Å². The largest absolute Gasteiger partial charge is 0.296 e. The number of carbonyl (C=O) groups excluding carboxylic acids is 2. The molecule has 2 nitrogen and oxygen atoms in total. The quantitative estimate of drug-likeness (QED) is 0.562. The lowest BCUT2D eigenvalue weighted by Gasteiger charge is -2.04. The van der Waals surface area contributed by atoms with Gasteiger partial charge in [0.2, 0.25) is 12.0 Å². The minimum absolute atomic E-state index is 0.245. The molecule has 0 saturated carbocycles. The maximum Gasteiger partial charge on any atom is 0.220 e. The van der Waals surface area contributed by atoms with E-state index >= 15 is 0 Å². The molecule has 80 valence electrons. The number of hydrogen-bond acceptors (Lipinski definition) is 2. The molecule has 0 bridgehead atoms. The molecule has 0 saturated heterocycles. The number of aryl methyl sites for hydroxylation is 1. The predicted molar refractivity (Wildman–Crippen MR) is 55.7 cm³/mol. The third kappa shape index (κ3) is 2.72. The van der Waals surface area contributed by atoms with Gasteiger partial charge in [-0.25, -0.2) is 4.39 Å². The minimum Gasteiger partial charge on any atom is -0.296 e. The van der Waals surface area contributed by atoms with Gasteiger partial charge in [-0.3, -0.25) is 9.59 Å². The van der Waals surface area contributed by atoms with Gasteiger partial charge in [0.25, 0.3) is 0 Å². The van der Waals surface area contributed by atoms with Gasteiger partial charge in [-0.15, -0.1) is 0 Å². The van der Waals surface area contributed by atoms with E-state index in [2.05, 4.69) is 0 Å². The normalized spacial score (nSPS) is 12.2. The fourth-order valence-corrected chi connectivity index (χ4v) is 1.24. The number of ketones is 2. The molecule has 15 heavy (non-hydrogen) atoms. The van der Waals surface area contributed by atoms with Crippen molar-refractivity contribution in [3.63, 3.8) is 0 Å². The lowest BCUT2D eigenvalue weighted by Crippen LogP contribution is -2.23. The van der Waals surface area contributed by atoms with Crippen LogP contribution >= 0.6 is 0 Å². The Bertz CT molecular complexity index is 368. The van der Waals surface area contributed by atoms with Crippen molar-refractivity contribution in [2.75, 3.05) is 0 Å². The molecule has 0 aliphatic carbocycles. The maximum absolute atomic E-state index is 13.1. The van der Waals surface area contributed by atoms with Gasteiger partial charge in [-0.2, -0.15) is 0 Å². The smallest absolute Gasteiger partial charge is 0.220 e. The topological polar surface area (TPSA) is 34.1 Å². The molecule has 0 spiro atoms. The lowest BCUT2D eigenvalue weighted by molar-refractivity contribution is -0.120. The zero-order valence-corrected chi connectivity index (χ0v) is 8.79. The van der Waals surface area contributed by atoms with Crippen LogP contribution in [0.1, 0.15) is 29.8 Å². The fourth-order valence-electron chi connectivity index (χ4n) is 1.24. The Morgan fingerprint density at radius 1 is 1.27 bits per heavy atom. The molecule has 1 unspecified atom stereocenters. The van der Waals surface area contributed by atoms with Crippen molar-refractivity contribution in [1.29, 1.82) is 0 Å². The highest BCUT2D eigenvalue weighted by Gasteiger charge is 2.23. The third-order valence-corrected chi connectivity index (χ3v) is 2.23. The Morgan fingerprint density at radius 3 is 2.20 bits per heavy atom. The van der Waals surface area contributed by atoms with E-state index in [1.165, 1.54) is 0 Å². The van der Waals surface area contributed by atoms with Crippen LogP contribution in [0, 0.1) is 0 Å². The number of benzene rings is 1. The molecular formula is C12H13FO2. The van der Waals surface area contributed by atoms with E-state index in [1.807, 2.05) is 6.92 Å².